The molecule has 3 N–H and O–H groups in total. The Kier molecular flexibility index (Phi) is 3.61. The second kappa shape index (κ2) is 4.96. The lowest BCUT2D eigenvalue weighted by Crippen LogP contribution is -2.01. The van der Waals surface area contributed by atoms with E-state index < -0.39 is 0 Å². The van der Waals surface area contributed by atoms with Gasteiger partial charge in [-0.25, -0.2) is 0 Å². The zero-order valence-corrected chi connectivity index (χ0v) is 11.1. The molecule has 0 aliphatic rings. The SMILES string of the molecule is Nc1cc(NCCc2ccc(Br)s2)sn1. The monoisotopic (exact) mass is 303 g/mol. The quantitative estimate of drug-likeness (QED) is 0.912. The van der Waals surface area contributed by atoms with Crippen LogP contribution in [0.1, 0.15) is 4.88 Å². The van der Waals surface area contributed by atoms with Crippen LogP contribution in [0.4, 0.5) is 10.8 Å². The van der Waals surface area contributed by atoms with Gasteiger partial charge in [0, 0.05) is 17.5 Å². The zero-order chi connectivity index (χ0) is 10.7. The fourth-order valence-electron chi connectivity index (χ4n) is 1.17. The summed E-state index contributed by atoms with van der Waals surface area (Å²) in [5.41, 5.74) is 5.52. The number of nitrogens with two attached hydrogens (primary N) is 1. The summed E-state index contributed by atoms with van der Waals surface area (Å²) in [5.74, 6) is 0.585. The minimum atomic E-state index is 0.585. The Hall–Kier alpha value is -0.590. The van der Waals surface area contributed by atoms with E-state index in [1.807, 2.05) is 6.07 Å². The number of thiophene rings is 1. The molecule has 0 spiro atoms. The van der Waals surface area contributed by atoms with Crippen LogP contribution in [0.25, 0.3) is 0 Å². The second-order valence-electron chi connectivity index (χ2n) is 3.00. The van der Waals surface area contributed by atoms with Crippen LogP contribution in [-0.4, -0.2) is 10.9 Å². The number of anilines is 2. The lowest BCUT2D eigenvalue weighted by atomic mass is 10.3. The molecule has 2 rings (SSSR count). The van der Waals surface area contributed by atoms with Crippen molar-refractivity contribution in [2.45, 2.75) is 6.42 Å². The third-order valence-corrected chi connectivity index (χ3v) is 4.27. The summed E-state index contributed by atoms with van der Waals surface area (Å²) in [6.07, 6.45) is 1.02. The van der Waals surface area contributed by atoms with Crippen LogP contribution >= 0.6 is 38.8 Å². The van der Waals surface area contributed by atoms with Gasteiger partial charge in [0.15, 0.2) is 0 Å². The van der Waals surface area contributed by atoms with Gasteiger partial charge in [-0.3, -0.25) is 0 Å². The van der Waals surface area contributed by atoms with Crippen LogP contribution in [-0.2, 0) is 6.42 Å². The molecule has 0 amide bonds. The second-order valence-corrected chi connectivity index (χ2v) is 6.35. The highest BCUT2D eigenvalue weighted by Crippen LogP contribution is 2.23. The Morgan fingerprint density at radius 1 is 1.47 bits per heavy atom. The van der Waals surface area contributed by atoms with Crippen molar-refractivity contribution in [3.63, 3.8) is 0 Å². The number of nitrogen functional groups attached to an aromatic ring is 1. The summed E-state index contributed by atoms with van der Waals surface area (Å²) in [4.78, 5) is 1.37. The Morgan fingerprint density at radius 2 is 2.33 bits per heavy atom. The molecule has 2 aromatic rings. The van der Waals surface area contributed by atoms with Gasteiger partial charge in [0.05, 0.1) is 3.79 Å². The standard InChI is InChI=1S/C9H10BrN3S2/c10-7-2-1-6(14-7)3-4-12-9-5-8(11)13-15-9/h1-2,5,12H,3-4H2,(H2,11,13). The first-order valence-electron chi connectivity index (χ1n) is 4.44. The van der Waals surface area contributed by atoms with Crippen LogP contribution in [0.15, 0.2) is 22.0 Å². The van der Waals surface area contributed by atoms with Crippen molar-refractivity contribution in [2.24, 2.45) is 0 Å². The van der Waals surface area contributed by atoms with Crippen molar-refractivity contribution < 1.29 is 0 Å². The summed E-state index contributed by atoms with van der Waals surface area (Å²) in [5, 5.41) is 4.32. The van der Waals surface area contributed by atoms with Gasteiger partial charge in [-0.05, 0) is 46.0 Å². The van der Waals surface area contributed by atoms with Crippen molar-refractivity contribution in [3.8, 4) is 0 Å². The van der Waals surface area contributed by atoms with Crippen molar-refractivity contribution >= 4 is 49.6 Å². The summed E-state index contributed by atoms with van der Waals surface area (Å²) < 4.78 is 5.18. The number of rotatable bonds is 4. The van der Waals surface area contributed by atoms with E-state index in [0.29, 0.717) is 5.82 Å². The number of halogens is 1. The molecular weight excluding hydrogens is 294 g/mol. The smallest absolute Gasteiger partial charge is 0.139 e. The van der Waals surface area contributed by atoms with E-state index in [4.69, 9.17) is 5.73 Å². The molecule has 0 bridgehead atoms. The minimum Gasteiger partial charge on any atom is -0.383 e. The molecule has 80 valence electrons. The van der Waals surface area contributed by atoms with E-state index in [2.05, 4.69) is 37.8 Å². The molecule has 0 radical (unpaired) electrons. The molecule has 0 aliphatic heterocycles. The van der Waals surface area contributed by atoms with Crippen molar-refractivity contribution in [1.82, 2.24) is 4.37 Å². The highest BCUT2D eigenvalue weighted by atomic mass is 79.9. The van der Waals surface area contributed by atoms with Gasteiger partial charge >= 0.3 is 0 Å². The summed E-state index contributed by atoms with van der Waals surface area (Å²) in [6, 6.07) is 6.07. The summed E-state index contributed by atoms with van der Waals surface area (Å²) in [6.45, 7) is 0.911. The molecule has 0 saturated heterocycles. The molecule has 15 heavy (non-hydrogen) atoms. The molecule has 0 aliphatic carbocycles. The van der Waals surface area contributed by atoms with Gasteiger partial charge in [-0.2, -0.15) is 4.37 Å². The third kappa shape index (κ3) is 3.19. The number of hydrogen-bond donors (Lipinski definition) is 2. The first-order chi connectivity index (χ1) is 7.24. The van der Waals surface area contributed by atoms with Crippen LogP contribution in [0, 0.1) is 0 Å². The molecule has 3 nitrogen and oxygen atoms in total. The number of nitrogens with zero attached hydrogens (tertiary/aromatic N) is 1. The van der Waals surface area contributed by atoms with E-state index in [9.17, 15) is 0 Å². The molecular formula is C9H10BrN3S2. The predicted molar refractivity (Wildman–Crippen MR) is 70.7 cm³/mol. The van der Waals surface area contributed by atoms with E-state index in [-0.39, 0.29) is 0 Å². The Balaban J connectivity index is 1.80. The Labute approximate surface area is 105 Å². The first kappa shape index (κ1) is 10.9. The van der Waals surface area contributed by atoms with E-state index in [1.165, 1.54) is 20.2 Å². The van der Waals surface area contributed by atoms with E-state index >= 15 is 0 Å². The molecule has 0 saturated carbocycles. The van der Waals surface area contributed by atoms with Crippen LogP contribution < -0.4 is 11.1 Å². The van der Waals surface area contributed by atoms with Crippen LogP contribution in [0.2, 0.25) is 0 Å². The summed E-state index contributed by atoms with van der Waals surface area (Å²) in [7, 11) is 0. The predicted octanol–water partition coefficient (Wildman–Crippen LogP) is 3.20. The molecule has 0 fully saturated rings. The van der Waals surface area contributed by atoms with Crippen LogP contribution in [0.3, 0.4) is 0 Å². The summed E-state index contributed by atoms with van der Waals surface area (Å²) >= 11 is 6.61. The fourth-order valence-corrected chi connectivity index (χ4v) is 3.25. The number of hydrogen-bond acceptors (Lipinski definition) is 5. The lowest BCUT2D eigenvalue weighted by Gasteiger charge is -1.99. The van der Waals surface area contributed by atoms with Gasteiger partial charge < -0.3 is 11.1 Å². The van der Waals surface area contributed by atoms with Crippen molar-refractivity contribution in [1.29, 1.82) is 0 Å². The maximum atomic E-state index is 5.52. The maximum absolute atomic E-state index is 5.52. The Bertz CT molecular complexity index is 398. The molecule has 0 aromatic carbocycles. The fraction of sp³-hybridized carbons (Fsp3) is 0.222. The number of nitrogens with one attached hydrogen (secondary N) is 1. The third-order valence-electron chi connectivity index (χ3n) is 1.83. The van der Waals surface area contributed by atoms with Crippen LogP contribution in [0.5, 0.6) is 0 Å². The number of aromatic nitrogens is 1. The van der Waals surface area contributed by atoms with Gasteiger partial charge in [-0.1, -0.05) is 0 Å². The normalized spacial score (nSPS) is 10.5. The van der Waals surface area contributed by atoms with E-state index in [1.54, 1.807) is 11.3 Å². The van der Waals surface area contributed by atoms with Gasteiger partial charge in [0.2, 0.25) is 0 Å². The maximum Gasteiger partial charge on any atom is 0.139 e. The highest BCUT2D eigenvalue weighted by molar-refractivity contribution is 9.11. The highest BCUT2D eigenvalue weighted by Gasteiger charge is 1.99. The average molecular weight is 304 g/mol. The van der Waals surface area contributed by atoms with E-state index in [0.717, 1.165) is 18.0 Å². The lowest BCUT2D eigenvalue weighted by molar-refractivity contribution is 1.05. The van der Waals surface area contributed by atoms with Crippen molar-refractivity contribution in [3.05, 3.63) is 26.9 Å². The average Bonchev–Trinajstić information content (AvgIpc) is 2.76. The van der Waals surface area contributed by atoms with Gasteiger partial charge in [0.25, 0.3) is 0 Å². The Morgan fingerprint density at radius 3 is 2.93 bits per heavy atom. The van der Waals surface area contributed by atoms with Gasteiger partial charge in [0.1, 0.15) is 10.8 Å². The minimum absolute atomic E-state index is 0.585. The largest absolute Gasteiger partial charge is 0.383 e. The van der Waals surface area contributed by atoms with Gasteiger partial charge in [-0.15, -0.1) is 11.3 Å². The topological polar surface area (TPSA) is 50.9 Å². The molecule has 2 heterocycles. The molecule has 0 unspecified atom stereocenters. The zero-order valence-electron chi connectivity index (χ0n) is 7.87. The van der Waals surface area contributed by atoms with Crippen molar-refractivity contribution in [2.75, 3.05) is 17.6 Å². The molecule has 2 aromatic heterocycles. The molecule has 6 heteroatoms. The first-order valence-corrected chi connectivity index (χ1v) is 6.82. The molecule has 0 atom stereocenters.